The molecule has 3 aromatic carbocycles. The van der Waals surface area contributed by atoms with E-state index in [2.05, 4.69) is 9.98 Å². The van der Waals surface area contributed by atoms with Gasteiger partial charge in [0.2, 0.25) is 0 Å². The van der Waals surface area contributed by atoms with Gasteiger partial charge in [0.15, 0.2) is 17.6 Å². The molecule has 15 heteroatoms. The number of anilines is 1. The lowest BCUT2D eigenvalue weighted by Gasteiger charge is -2.44. The zero-order valence-electron chi connectivity index (χ0n) is 27.1. The van der Waals surface area contributed by atoms with Crippen LogP contribution in [0.25, 0.3) is 6.08 Å². The summed E-state index contributed by atoms with van der Waals surface area (Å²) in [6.45, 7) is -0.569. The fraction of sp³-hybridized carbons (Fsp3) is 0.333. The minimum Gasteiger partial charge on any atom is -0.508 e. The Morgan fingerprint density at radius 1 is 1.02 bits per heavy atom. The van der Waals surface area contributed by atoms with Gasteiger partial charge in [-0.3, -0.25) is 19.7 Å². The van der Waals surface area contributed by atoms with E-state index in [4.69, 9.17) is 9.47 Å². The van der Waals surface area contributed by atoms with E-state index in [0.717, 1.165) is 16.5 Å². The molecule has 1 saturated heterocycles. The Bertz CT molecular complexity index is 1880. The van der Waals surface area contributed by atoms with Crippen LogP contribution in [0.1, 0.15) is 34.6 Å². The molecule has 7 unspecified atom stereocenters. The van der Waals surface area contributed by atoms with Crippen LogP contribution in [0.15, 0.2) is 76.7 Å². The number of hydrogen-bond donors (Lipinski definition) is 8. The number of carbonyl (C=O) groups is 2. The van der Waals surface area contributed by atoms with Gasteiger partial charge in [0, 0.05) is 36.3 Å². The summed E-state index contributed by atoms with van der Waals surface area (Å²) in [5.41, 5.74) is 2.96. The van der Waals surface area contributed by atoms with Crippen molar-refractivity contribution in [2.75, 3.05) is 18.2 Å². The average molecular weight is 704 g/mol. The van der Waals surface area contributed by atoms with Crippen LogP contribution >= 0.6 is 0 Å². The normalized spacial score (nSPS) is 27.1. The molecule has 0 saturated carbocycles. The molecule has 268 valence electrons. The molecule has 6 rings (SSSR count). The van der Waals surface area contributed by atoms with Crippen LogP contribution in [0.3, 0.4) is 0 Å². The summed E-state index contributed by atoms with van der Waals surface area (Å²) in [7, 11) is 0. The van der Waals surface area contributed by atoms with Crippen LogP contribution in [-0.4, -0.2) is 114 Å². The first-order valence-electron chi connectivity index (χ1n) is 16.1. The number of carbonyl (C=O) groups excluding carboxylic acids is 1. The molecule has 0 radical (unpaired) electrons. The quantitative estimate of drug-likeness (QED) is 0.102. The van der Waals surface area contributed by atoms with Gasteiger partial charge in [0.05, 0.1) is 18.0 Å². The predicted molar refractivity (Wildman–Crippen MR) is 182 cm³/mol. The number of ether oxygens (including phenoxy) is 2. The smallest absolute Gasteiger partial charge is 0.355 e. The summed E-state index contributed by atoms with van der Waals surface area (Å²) in [4.78, 5) is 36.2. The molecule has 3 aliphatic heterocycles. The van der Waals surface area contributed by atoms with Gasteiger partial charge in [0.25, 0.3) is 5.91 Å². The van der Waals surface area contributed by atoms with E-state index in [1.807, 2.05) is 30.3 Å². The van der Waals surface area contributed by atoms with Crippen LogP contribution < -0.4 is 9.64 Å². The van der Waals surface area contributed by atoms with Gasteiger partial charge in [-0.2, -0.15) is 0 Å². The largest absolute Gasteiger partial charge is 0.508 e. The minimum absolute atomic E-state index is 0.0148. The number of benzene rings is 3. The van der Waals surface area contributed by atoms with Crippen LogP contribution in [0, 0.1) is 0 Å². The molecule has 0 bridgehead atoms. The Balaban J connectivity index is 1.36. The number of aliphatic imine (C=N–C) groups is 2. The molecule has 0 aromatic heterocycles. The van der Waals surface area contributed by atoms with Crippen molar-refractivity contribution in [2.24, 2.45) is 9.98 Å². The number of aliphatic carboxylic acids is 1. The van der Waals surface area contributed by atoms with Crippen molar-refractivity contribution in [1.29, 1.82) is 0 Å². The molecule has 1 fully saturated rings. The van der Waals surface area contributed by atoms with Gasteiger partial charge < -0.3 is 50.3 Å². The van der Waals surface area contributed by atoms with Crippen molar-refractivity contribution in [3.05, 3.63) is 89.0 Å². The maximum Gasteiger partial charge on any atom is 0.355 e. The van der Waals surface area contributed by atoms with Gasteiger partial charge in [-0.1, -0.05) is 36.4 Å². The molecule has 51 heavy (non-hydrogen) atoms. The zero-order valence-corrected chi connectivity index (χ0v) is 27.1. The van der Waals surface area contributed by atoms with Crippen LogP contribution in [0.2, 0.25) is 0 Å². The number of fused-ring (bicyclic) bond motifs is 1. The van der Waals surface area contributed by atoms with Crippen molar-refractivity contribution >= 4 is 35.6 Å². The molecule has 15 nitrogen and oxygen atoms in total. The predicted octanol–water partition coefficient (Wildman–Crippen LogP) is 0.851. The first-order valence-corrected chi connectivity index (χ1v) is 16.1. The number of carboxylic acids is 1. The summed E-state index contributed by atoms with van der Waals surface area (Å²) < 4.78 is 10.6. The average Bonchev–Trinajstić information content (AvgIpc) is 3.74. The monoisotopic (exact) mass is 703 g/mol. The van der Waals surface area contributed by atoms with E-state index in [0.29, 0.717) is 36.3 Å². The molecule has 3 heterocycles. The molecule has 3 aromatic rings. The molecule has 0 spiro atoms. The van der Waals surface area contributed by atoms with Gasteiger partial charge in [-0.15, -0.1) is 0 Å². The van der Waals surface area contributed by atoms with Gasteiger partial charge in [-0.25, -0.2) is 4.79 Å². The Kier molecular flexibility index (Phi) is 10.2. The van der Waals surface area contributed by atoms with E-state index >= 15 is 0 Å². The van der Waals surface area contributed by atoms with Crippen molar-refractivity contribution in [3.8, 4) is 17.2 Å². The van der Waals surface area contributed by atoms with Crippen LogP contribution in [0.5, 0.6) is 17.2 Å². The van der Waals surface area contributed by atoms with Gasteiger partial charge in [-0.05, 0) is 53.8 Å². The molecular formula is C36H37N3O12. The number of aliphatic hydroxyl groups is 5. The number of nitrogens with zero attached hydrogens (tertiary/aromatic N) is 3. The van der Waals surface area contributed by atoms with Crippen molar-refractivity contribution < 1.29 is 59.9 Å². The maximum absolute atomic E-state index is 14.0. The fourth-order valence-corrected chi connectivity index (χ4v) is 6.56. The summed E-state index contributed by atoms with van der Waals surface area (Å²) in [5, 5.41) is 83.6. The second-order valence-corrected chi connectivity index (χ2v) is 12.5. The van der Waals surface area contributed by atoms with Gasteiger partial charge in [0.1, 0.15) is 36.8 Å². The number of aromatic hydroxyl groups is 2. The van der Waals surface area contributed by atoms with E-state index in [-0.39, 0.29) is 23.4 Å². The van der Waals surface area contributed by atoms with E-state index in [9.17, 15) is 50.4 Å². The minimum atomic E-state index is -3.09. The number of carboxylic acid groups (broad SMARTS) is 1. The molecule has 0 aliphatic carbocycles. The lowest BCUT2D eigenvalue weighted by Crippen LogP contribution is -2.67. The molecule has 8 N–H and O–H groups in total. The van der Waals surface area contributed by atoms with E-state index in [1.165, 1.54) is 24.3 Å². The molecular weight excluding hydrogens is 666 g/mol. The third-order valence-electron chi connectivity index (χ3n) is 9.18. The van der Waals surface area contributed by atoms with Gasteiger partial charge >= 0.3 is 11.9 Å². The highest BCUT2D eigenvalue weighted by Crippen LogP contribution is 2.49. The summed E-state index contributed by atoms with van der Waals surface area (Å²) >= 11 is 0. The first kappa shape index (κ1) is 35.7. The number of phenolic OH excluding ortho intramolecular Hbond substituents is 2. The lowest BCUT2D eigenvalue weighted by molar-refractivity contribution is -0.422. The highest BCUT2D eigenvalue weighted by molar-refractivity contribution is 6.32. The van der Waals surface area contributed by atoms with Crippen LogP contribution in [0.4, 0.5) is 5.69 Å². The Hall–Kier alpha value is -5.16. The summed E-state index contributed by atoms with van der Waals surface area (Å²) in [5.74, 6) is -7.15. The third-order valence-corrected chi connectivity index (χ3v) is 9.18. The number of amides is 1. The second-order valence-electron chi connectivity index (χ2n) is 12.5. The van der Waals surface area contributed by atoms with E-state index < -0.39 is 72.3 Å². The topological polar surface area (TPSA) is 242 Å². The Labute approximate surface area is 291 Å². The lowest BCUT2D eigenvalue weighted by atomic mass is 9.88. The highest BCUT2D eigenvalue weighted by atomic mass is 16.8. The fourth-order valence-electron chi connectivity index (χ4n) is 6.56. The van der Waals surface area contributed by atoms with Crippen molar-refractivity contribution in [3.63, 3.8) is 0 Å². The summed E-state index contributed by atoms with van der Waals surface area (Å²) in [6, 6.07) is 14.9. The summed E-state index contributed by atoms with van der Waals surface area (Å²) in [6.07, 6.45) is -2.46. The standard InChI is InChI=1S/C36H37N3O12/c40-17-29-32(44)33(45)34(46)36(49,51-29)50-28-15-25-24(14-27(28)42)23(9-6-19-4-2-1-3-5-19)31(35(47)48)39(25)30(43)11-8-20-7-10-26(41)21(12-20)13-22-16-37-18-38-22/h1-5,7-8,10-12,14-16,23,29,31-34,40-42,44-46,49H,6,9,13,17-18H2,(H,47,48). The number of aliphatic hydroxyl groups excluding tert-OH is 4. The number of rotatable bonds is 11. The molecule has 7 atom stereocenters. The molecule has 1 amide bonds. The first-order chi connectivity index (χ1) is 24.4. The number of aryl methyl sites for hydroxylation is 1. The van der Waals surface area contributed by atoms with Crippen molar-refractivity contribution in [1.82, 2.24) is 0 Å². The zero-order chi connectivity index (χ0) is 36.4. The van der Waals surface area contributed by atoms with E-state index in [1.54, 1.807) is 18.3 Å². The SMILES string of the molecule is O=C(O)C1C(CCc2ccccc2)c2cc(O)c(OC3(O)OC(CO)C(O)C(O)C3O)cc2N1C(=O)C=Cc1ccc(O)c(CC2=NCN=C2)c1. The highest BCUT2D eigenvalue weighted by Gasteiger charge is 2.56. The Morgan fingerprint density at radius 3 is 2.47 bits per heavy atom. The number of phenols is 2. The second kappa shape index (κ2) is 14.6. The van der Waals surface area contributed by atoms with Crippen LogP contribution in [-0.2, 0) is 27.2 Å². The van der Waals surface area contributed by atoms with Crippen molar-refractivity contribution in [2.45, 2.75) is 61.6 Å². The maximum atomic E-state index is 14.0. The third kappa shape index (κ3) is 7.21. The molecule has 3 aliphatic rings. The number of hydrogen-bond acceptors (Lipinski definition) is 13. The Morgan fingerprint density at radius 2 is 1.78 bits per heavy atom.